The van der Waals surface area contributed by atoms with Gasteiger partial charge in [-0.05, 0) is 36.4 Å². The van der Waals surface area contributed by atoms with Crippen molar-refractivity contribution in [1.82, 2.24) is 14.9 Å². The highest BCUT2D eigenvalue weighted by molar-refractivity contribution is 6.30. The van der Waals surface area contributed by atoms with E-state index in [1.165, 1.54) is 0 Å². The summed E-state index contributed by atoms with van der Waals surface area (Å²) in [5.74, 6) is 0.453. The fraction of sp³-hybridized carbons (Fsp3) is 0.176. The molecule has 0 spiro atoms. The van der Waals surface area contributed by atoms with E-state index in [-0.39, 0.29) is 12.5 Å². The first kappa shape index (κ1) is 15.4. The Hall–Kier alpha value is -2.53. The summed E-state index contributed by atoms with van der Waals surface area (Å²) in [6.45, 7) is 1.16. The van der Waals surface area contributed by atoms with Crippen LogP contribution in [0.2, 0.25) is 5.02 Å². The van der Waals surface area contributed by atoms with Gasteiger partial charge in [-0.2, -0.15) is 0 Å². The lowest BCUT2D eigenvalue weighted by Crippen LogP contribution is -2.31. The van der Waals surface area contributed by atoms with E-state index in [1.54, 1.807) is 30.6 Å². The molecule has 5 nitrogen and oxygen atoms in total. The Morgan fingerprint density at radius 2 is 1.96 bits per heavy atom. The van der Waals surface area contributed by atoms with Crippen LogP contribution >= 0.6 is 11.6 Å². The molecule has 1 heterocycles. The SMILES string of the molecule is O=C(COc1ccc(Cl)cc1)NCCn1cnc2ccccc21. The van der Waals surface area contributed by atoms with E-state index in [9.17, 15) is 4.79 Å². The van der Waals surface area contributed by atoms with Crippen molar-refractivity contribution in [3.8, 4) is 5.75 Å². The third kappa shape index (κ3) is 4.02. The number of hydrogen-bond acceptors (Lipinski definition) is 3. The van der Waals surface area contributed by atoms with E-state index in [1.807, 2.05) is 28.8 Å². The number of halogens is 1. The summed E-state index contributed by atoms with van der Waals surface area (Å²) < 4.78 is 7.40. The van der Waals surface area contributed by atoms with Crippen LogP contribution in [0.15, 0.2) is 54.9 Å². The van der Waals surface area contributed by atoms with E-state index < -0.39 is 0 Å². The van der Waals surface area contributed by atoms with Crippen LogP contribution in [0.1, 0.15) is 0 Å². The van der Waals surface area contributed by atoms with Crippen molar-refractivity contribution in [2.75, 3.05) is 13.2 Å². The van der Waals surface area contributed by atoms with Gasteiger partial charge in [0.15, 0.2) is 6.61 Å². The monoisotopic (exact) mass is 329 g/mol. The van der Waals surface area contributed by atoms with Gasteiger partial charge in [-0.25, -0.2) is 4.98 Å². The number of ether oxygens (including phenoxy) is 1. The molecule has 0 saturated carbocycles. The lowest BCUT2D eigenvalue weighted by molar-refractivity contribution is -0.123. The van der Waals surface area contributed by atoms with Gasteiger partial charge < -0.3 is 14.6 Å². The van der Waals surface area contributed by atoms with Crippen molar-refractivity contribution >= 4 is 28.5 Å². The van der Waals surface area contributed by atoms with E-state index in [2.05, 4.69) is 10.3 Å². The molecule has 3 rings (SSSR count). The number of benzene rings is 2. The third-order valence-electron chi connectivity index (χ3n) is 3.39. The average molecular weight is 330 g/mol. The summed E-state index contributed by atoms with van der Waals surface area (Å²) in [4.78, 5) is 16.1. The molecular weight excluding hydrogens is 314 g/mol. The third-order valence-corrected chi connectivity index (χ3v) is 3.64. The second kappa shape index (κ2) is 7.15. The molecule has 0 radical (unpaired) electrons. The molecule has 3 aromatic rings. The van der Waals surface area contributed by atoms with Crippen LogP contribution in [-0.2, 0) is 11.3 Å². The van der Waals surface area contributed by atoms with Crippen molar-refractivity contribution in [3.63, 3.8) is 0 Å². The minimum atomic E-state index is -0.163. The predicted molar refractivity (Wildman–Crippen MR) is 89.7 cm³/mol. The van der Waals surface area contributed by atoms with Crippen LogP contribution < -0.4 is 10.1 Å². The zero-order chi connectivity index (χ0) is 16.1. The van der Waals surface area contributed by atoms with Crippen molar-refractivity contribution in [1.29, 1.82) is 0 Å². The molecule has 0 saturated heterocycles. The van der Waals surface area contributed by atoms with Crippen molar-refractivity contribution in [2.45, 2.75) is 6.54 Å². The standard InChI is InChI=1S/C17H16ClN3O2/c18-13-5-7-14(8-6-13)23-11-17(22)19-9-10-21-12-20-15-3-1-2-4-16(15)21/h1-8,12H,9-11H2,(H,19,22). The zero-order valence-corrected chi connectivity index (χ0v) is 13.2. The summed E-state index contributed by atoms with van der Waals surface area (Å²) in [6.07, 6.45) is 1.78. The summed E-state index contributed by atoms with van der Waals surface area (Å²) in [5, 5.41) is 3.46. The van der Waals surface area contributed by atoms with E-state index >= 15 is 0 Å². The van der Waals surface area contributed by atoms with Crippen LogP contribution in [0.3, 0.4) is 0 Å². The largest absolute Gasteiger partial charge is 0.484 e. The second-order valence-electron chi connectivity index (χ2n) is 5.02. The molecule has 0 aliphatic heterocycles. The molecule has 0 aliphatic rings. The molecule has 1 amide bonds. The number of aromatic nitrogens is 2. The molecule has 0 unspecified atom stereocenters. The first-order chi connectivity index (χ1) is 11.2. The molecule has 0 fully saturated rings. The van der Waals surface area contributed by atoms with Crippen molar-refractivity contribution in [3.05, 3.63) is 59.9 Å². The van der Waals surface area contributed by atoms with E-state index in [0.29, 0.717) is 23.9 Å². The van der Waals surface area contributed by atoms with Crippen molar-refractivity contribution in [2.24, 2.45) is 0 Å². The van der Waals surface area contributed by atoms with E-state index in [0.717, 1.165) is 11.0 Å². The Balaban J connectivity index is 1.45. The maximum absolute atomic E-state index is 11.8. The number of carbonyl (C=O) groups is 1. The van der Waals surface area contributed by atoms with Gasteiger partial charge in [-0.1, -0.05) is 23.7 Å². The lowest BCUT2D eigenvalue weighted by Gasteiger charge is -2.08. The van der Waals surface area contributed by atoms with Gasteiger partial charge in [0.05, 0.1) is 17.4 Å². The number of rotatable bonds is 6. The zero-order valence-electron chi connectivity index (χ0n) is 12.4. The average Bonchev–Trinajstić information content (AvgIpc) is 2.98. The summed E-state index contributed by atoms with van der Waals surface area (Å²) in [6, 6.07) is 14.8. The maximum atomic E-state index is 11.8. The Morgan fingerprint density at radius 1 is 1.17 bits per heavy atom. The van der Waals surface area contributed by atoms with Gasteiger partial charge in [0.25, 0.3) is 5.91 Å². The van der Waals surface area contributed by atoms with Gasteiger partial charge >= 0.3 is 0 Å². The number of para-hydroxylation sites is 2. The molecule has 2 aromatic carbocycles. The van der Waals surface area contributed by atoms with Crippen molar-refractivity contribution < 1.29 is 9.53 Å². The fourth-order valence-electron chi connectivity index (χ4n) is 2.23. The molecule has 0 atom stereocenters. The number of fused-ring (bicyclic) bond motifs is 1. The molecule has 118 valence electrons. The quantitative estimate of drug-likeness (QED) is 0.756. The fourth-order valence-corrected chi connectivity index (χ4v) is 2.36. The topological polar surface area (TPSA) is 56.1 Å². The Labute approximate surface area is 138 Å². The van der Waals surface area contributed by atoms with Gasteiger partial charge in [0, 0.05) is 18.1 Å². The van der Waals surface area contributed by atoms with Crippen LogP contribution in [-0.4, -0.2) is 28.6 Å². The molecule has 23 heavy (non-hydrogen) atoms. The first-order valence-electron chi connectivity index (χ1n) is 7.27. The predicted octanol–water partition coefficient (Wildman–Crippen LogP) is 2.88. The Kier molecular flexibility index (Phi) is 4.78. The highest BCUT2D eigenvalue weighted by atomic mass is 35.5. The Bertz CT molecular complexity index is 799. The highest BCUT2D eigenvalue weighted by Gasteiger charge is 2.04. The summed E-state index contributed by atoms with van der Waals surface area (Å²) in [7, 11) is 0. The first-order valence-corrected chi connectivity index (χ1v) is 7.65. The highest BCUT2D eigenvalue weighted by Crippen LogP contribution is 2.15. The maximum Gasteiger partial charge on any atom is 0.258 e. The molecule has 0 bridgehead atoms. The molecule has 1 N–H and O–H groups in total. The van der Waals surface area contributed by atoms with Crippen LogP contribution in [0.25, 0.3) is 11.0 Å². The number of nitrogens with zero attached hydrogens (tertiary/aromatic N) is 2. The summed E-state index contributed by atoms with van der Waals surface area (Å²) >= 11 is 5.79. The van der Waals surface area contributed by atoms with Crippen LogP contribution in [0.5, 0.6) is 5.75 Å². The molecule has 6 heteroatoms. The normalized spacial score (nSPS) is 10.7. The minimum absolute atomic E-state index is 0.0215. The molecule has 1 aromatic heterocycles. The Morgan fingerprint density at radius 3 is 2.78 bits per heavy atom. The van der Waals surface area contributed by atoms with Gasteiger partial charge in [0.1, 0.15) is 5.75 Å². The second-order valence-corrected chi connectivity index (χ2v) is 5.46. The van der Waals surface area contributed by atoms with Gasteiger partial charge in [-0.15, -0.1) is 0 Å². The van der Waals surface area contributed by atoms with Gasteiger partial charge in [0.2, 0.25) is 0 Å². The number of carbonyl (C=O) groups excluding carboxylic acids is 1. The number of imidazole rings is 1. The van der Waals surface area contributed by atoms with Crippen LogP contribution in [0, 0.1) is 0 Å². The number of nitrogens with one attached hydrogen (secondary N) is 1. The minimum Gasteiger partial charge on any atom is -0.484 e. The summed E-state index contributed by atoms with van der Waals surface area (Å²) in [5.41, 5.74) is 2.00. The van der Waals surface area contributed by atoms with Crippen LogP contribution in [0.4, 0.5) is 0 Å². The smallest absolute Gasteiger partial charge is 0.258 e. The van der Waals surface area contributed by atoms with E-state index in [4.69, 9.17) is 16.3 Å². The molecular formula is C17H16ClN3O2. The number of hydrogen-bond donors (Lipinski definition) is 1. The van der Waals surface area contributed by atoms with Gasteiger partial charge in [-0.3, -0.25) is 4.79 Å². The number of amides is 1. The molecule has 0 aliphatic carbocycles. The lowest BCUT2D eigenvalue weighted by atomic mass is 10.3.